The van der Waals surface area contributed by atoms with Gasteiger partial charge in [-0.1, -0.05) is 66.7 Å². The van der Waals surface area contributed by atoms with E-state index in [-0.39, 0.29) is 35.8 Å². The molecule has 0 saturated carbocycles. The number of piperidine rings is 3. The lowest BCUT2D eigenvalue weighted by Gasteiger charge is -2.51. The molecular weight excluding hydrogens is 504 g/mol. The monoisotopic (exact) mass is 534 g/mol. The van der Waals surface area contributed by atoms with Gasteiger partial charge in [0, 0.05) is 30.0 Å². The van der Waals surface area contributed by atoms with E-state index in [4.69, 9.17) is 4.74 Å². The zero-order valence-corrected chi connectivity index (χ0v) is 21.7. The molecule has 1 unspecified atom stereocenters. The quantitative estimate of drug-likeness (QED) is 0.246. The van der Waals surface area contributed by atoms with Gasteiger partial charge in [-0.2, -0.15) is 0 Å². The zero-order valence-electron chi connectivity index (χ0n) is 21.0. The Labute approximate surface area is 228 Å². The van der Waals surface area contributed by atoms with Gasteiger partial charge in [-0.25, -0.2) is 9.59 Å². The largest absolute Gasteiger partial charge is 1.00 e. The van der Waals surface area contributed by atoms with E-state index in [1.54, 1.807) is 12.1 Å². The molecule has 0 spiro atoms. The lowest BCUT2D eigenvalue weighted by Crippen LogP contribution is -3.00. The van der Waals surface area contributed by atoms with Gasteiger partial charge in [-0.15, -0.1) is 0 Å². The number of carbonyl (C=O) groups is 3. The molecule has 6 rings (SSSR count). The minimum atomic E-state index is -1.03. The predicted octanol–water partition coefficient (Wildman–Crippen LogP) is 1.58. The van der Waals surface area contributed by atoms with Crippen molar-refractivity contribution >= 4 is 23.4 Å². The number of hydrogen-bond donors (Lipinski definition) is 2. The van der Waals surface area contributed by atoms with Crippen molar-refractivity contribution in [1.29, 1.82) is 0 Å². The summed E-state index contributed by atoms with van der Waals surface area (Å²) in [5.74, 6) is -1.04. The molecule has 198 valence electrons. The average Bonchev–Trinajstić information content (AvgIpc) is 2.93. The number of anilines is 1. The van der Waals surface area contributed by atoms with Crippen molar-refractivity contribution in [1.82, 2.24) is 0 Å². The number of ether oxygens (including phenoxy) is 1. The molecular formula is C30H31ClN2O5. The molecule has 3 fully saturated rings. The van der Waals surface area contributed by atoms with Gasteiger partial charge in [0.25, 0.3) is 0 Å². The van der Waals surface area contributed by atoms with Crippen molar-refractivity contribution in [2.75, 3.05) is 31.5 Å². The summed E-state index contributed by atoms with van der Waals surface area (Å²) in [6, 6.07) is 24.3. The van der Waals surface area contributed by atoms with Crippen LogP contribution in [0.15, 0.2) is 84.9 Å². The first-order valence-electron chi connectivity index (χ1n) is 12.7. The Bertz CT molecular complexity index is 1280. The van der Waals surface area contributed by atoms with Gasteiger partial charge in [0.1, 0.15) is 13.1 Å². The van der Waals surface area contributed by atoms with Crippen molar-refractivity contribution in [2.24, 2.45) is 5.92 Å². The van der Waals surface area contributed by atoms with Crippen LogP contribution in [0.4, 0.5) is 5.69 Å². The van der Waals surface area contributed by atoms with Crippen LogP contribution in [0.2, 0.25) is 0 Å². The molecule has 0 aromatic heterocycles. The smallest absolute Gasteiger partial charge is 0.335 e. The van der Waals surface area contributed by atoms with Crippen LogP contribution in [0.25, 0.3) is 0 Å². The van der Waals surface area contributed by atoms with Crippen LogP contribution in [0.1, 0.15) is 45.2 Å². The number of carboxylic acids is 1. The van der Waals surface area contributed by atoms with E-state index >= 15 is 0 Å². The summed E-state index contributed by atoms with van der Waals surface area (Å²) in [6.45, 7) is 2.87. The molecule has 3 aromatic rings. The number of ketones is 1. The van der Waals surface area contributed by atoms with Crippen LogP contribution in [0.3, 0.4) is 0 Å². The molecule has 7 nitrogen and oxygen atoms in total. The highest BCUT2D eigenvalue weighted by atomic mass is 35.5. The number of rotatable bonds is 9. The van der Waals surface area contributed by atoms with Crippen molar-refractivity contribution in [2.45, 2.75) is 25.0 Å². The van der Waals surface area contributed by atoms with Gasteiger partial charge < -0.3 is 32.1 Å². The molecule has 3 aliphatic heterocycles. The number of quaternary nitrogens is 1. The highest BCUT2D eigenvalue weighted by Gasteiger charge is 2.49. The van der Waals surface area contributed by atoms with Gasteiger partial charge in [-0.3, -0.25) is 4.79 Å². The molecule has 0 radical (unpaired) electrons. The van der Waals surface area contributed by atoms with Gasteiger partial charge in [0.15, 0.2) is 12.1 Å². The number of Topliss-reactive ketones (excluding diaryl/α,β-unsaturated/α-hetero) is 1. The zero-order chi connectivity index (χ0) is 25.8. The summed E-state index contributed by atoms with van der Waals surface area (Å²) >= 11 is 0. The van der Waals surface area contributed by atoms with E-state index in [1.165, 1.54) is 12.1 Å². The fraction of sp³-hybridized carbons (Fsp3) is 0.300. The average molecular weight is 535 g/mol. The van der Waals surface area contributed by atoms with E-state index < -0.39 is 18.0 Å². The summed E-state index contributed by atoms with van der Waals surface area (Å²) in [7, 11) is 0. The lowest BCUT2D eigenvalue weighted by atomic mass is 9.82. The van der Waals surface area contributed by atoms with Crippen LogP contribution in [-0.2, 0) is 9.53 Å². The van der Waals surface area contributed by atoms with Crippen molar-refractivity contribution in [3.8, 4) is 0 Å². The number of esters is 1. The minimum Gasteiger partial charge on any atom is -1.00 e. The molecule has 3 saturated heterocycles. The number of benzene rings is 3. The second-order valence-corrected chi connectivity index (χ2v) is 10.1. The fourth-order valence-corrected chi connectivity index (χ4v) is 5.65. The van der Waals surface area contributed by atoms with Crippen LogP contribution in [0.5, 0.6) is 0 Å². The van der Waals surface area contributed by atoms with Gasteiger partial charge in [-0.05, 0) is 23.8 Å². The normalized spacial score (nSPS) is 22.5. The molecule has 8 heteroatoms. The number of carboxylic acid groups (broad SMARTS) is 1. The Balaban J connectivity index is 0.00000336. The molecule has 38 heavy (non-hydrogen) atoms. The number of hydrogen-bond acceptors (Lipinski definition) is 5. The lowest BCUT2D eigenvalue weighted by molar-refractivity contribution is -0.938. The van der Waals surface area contributed by atoms with Crippen LogP contribution >= 0.6 is 0 Å². The summed E-state index contributed by atoms with van der Waals surface area (Å²) in [5.41, 5.74) is 2.11. The number of halogens is 1. The molecule has 3 aliphatic rings. The maximum Gasteiger partial charge on any atom is 0.335 e. The van der Waals surface area contributed by atoms with E-state index in [9.17, 15) is 19.5 Å². The Hall–Kier alpha value is -3.68. The first-order valence-corrected chi connectivity index (χ1v) is 12.7. The standard InChI is InChI=1S/C30H30N2O5.ClH/c33-26(21-8-3-1-4-9-21)19-32-16-14-22(15-17-32)27(20-32)37-30(36)28(23-10-5-2-6-11-23)31-25-13-7-12-24(18-25)29(34)35;/h1-13,18,22,27-28,31H,14-17,19-20H2;1H/t22?,27-,28?,32?;/m0./s1. The van der Waals surface area contributed by atoms with E-state index in [0.29, 0.717) is 28.8 Å². The second-order valence-electron chi connectivity index (χ2n) is 10.1. The molecule has 0 aliphatic carbocycles. The Morgan fingerprint density at radius 3 is 2.18 bits per heavy atom. The SMILES string of the molecule is O=C(O)c1cccc(NC(C(=O)O[C@H]2C[N+]3(CC(=O)c4ccccc4)CCC2CC3)c2ccccc2)c1.[Cl-]. The van der Waals surface area contributed by atoms with Crippen molar-refractivity contribution < 1.29 is 41.1 Å². The maximum absolute atomic E-state index is 13.6. The van der Waals surface area contributed by atoms with Crippen LogP contribution in [-0.4, -0.2) is 59.6 Å². The molecule has 3 aromatic carbocycles. The van der Waals surface area contributed by atoms with E-state index in [0.717, 1.165) is 31.5 Å². The molecule has 2 atom stereocenters. The summed E-state index contributed by atoms with van der Waals surface area (Å²) < 4.78 is 6.80. The van der Waals surface area contributed by atoms with E-state index in [2.05, 4.69) is 5.32 Å². The van der Waals surface area contributed by atoms with Gasteiger partial charge >= 0.3 is 11.9 Å². The first-order chi connectivity index (χ1) is 17.9. The molecule has 2 bridgehead atoms. The topological polar surface area (TPSA) is 92.7 Å². The van der Waals surface area contributed by atoms with Crippen LogP contribution in [0, 0.1) is 5.92 Å². The Morgan fingerprint density at radius 2 is 1.53 bits per heavy atom. The van der Waals surface area contributed by atoms with Crippen LogP contribution < -0.4 is 17.7 Å². The van der Waals surface area contributed by atoms with E-state index in [1.807, 2.05) is 60.7 Å². The number of nitrogens with one attached hydrogen (secondary N) is 1. The number of nitrogens with zero attached hydrogens (tertiary/aromatic N) is 1. The highest BCUT2D eigenvalue weighted by molar-refractivity contribution is 5.97. The second kappa shape index (κ2) is 11.8. The summed E-state index contributed by atoms with van der Waals surface area (Å²) in [4.78, 5) is 38.0. The third-order valence-corrected chi connectivity index (χ3v) is 7.67. The highest BCUT2D eigenvalue weighted by Crippen LogP contribution is 2.36. The number of carbonyl (C=O) groups excluding carboxylic acids is 2. The van der Waals surface area contributed by atoms with Crippen molar-refractivity contribution in [3.63, 3.8) is 0 Å². The Kier molecular flexibility index (Phi) is 8.49. The fourth-order valence-electron chi connectivity index (χ4n) is 5.65. The molecule has 0 amide bonds. The predicted molar refractivity (Wildman–Crippen MR) is 139 cm³/mol. The third kappa shape index (κ3) is 6.06. The minimum absolute atomic E-state index is 0. The number of aromatic carboxylic acids is 1. The maximum atomic E-state index is 13.6. The van der Waals surface area contributed by atoms with Gasteiger partial charge in [0.05, 0.1) is 18.7 Å². The summed E-state index contributed by atoms with van der Waals surface area (Å²) in [5, 5.41) is 12.6. The third-order valence-electron chi connectivity index (χ3n) is 7.67. The molecule has 3 heterocycles. The van der Waals surface area contributed by atoms with Crippen molar-refractivity contribution in [3.05, 3.63) is 102 Å². The number of fused-ring (bicyclic) bond motifs is 3. The summed E-state index contributed by atoms with van der Waals surface area (Å²) in [6.07, 6.45) is 1.57. The Morgan fingerprint density at radius 1 is 0.895 bits per heavy atom. The van der Waals surface area contributed by atoms with Gasteiger partial charge in [0.2, 0.25) is 5.78 Å². The molecule has 2 N–H and O–H groups in total. The first kappa shape index (κ1) is 27.4.